The van der Waals surface area contributed by atoms with Crippen molar-refractivity contribution in [2.24, 2.45) is 0 Å². The van der Waals surface area contributed by atoms with Crippen LogP contribution in [0.2, 0.25) is 0 Å². The van der Waals surface area contributed by atoms with Gasteiger partial charge in [-0.05, 0) is 11.6 Å². The molecular formula is C16H23BrClN3O3. The lowest BCUT2D eigenvalue weighted by molar-refractivity contribution is -0.134. The van der Waals surface area contributed by atoms with Gasteiger partial charge in [-0.2, -0.15) is 0 Å². The smallest absolute Gasteiger partial charge is 0.250 e. The van der Waals surface area contributed by atoms with E-state index in [1.54, 1.807) is 11.9 Å². The van der Waals surface area contributed by atoms with E-state index in [9.17, 15) is 9.59 Å². The van der Waals surface area contributed by atoms with Crippen LogP contribution in [0.5, 0.6) is 0 Å². The SMILES string of the molecule is CN(Cc1ccccc1Br)C(=O)CCNC(=O)C1CNCCO1.Cl. The summed E-state index contributed by atoms with van der Waals surface area (Å²) >= 11 is 3.47. The first-order chi connectivity index (χ1) is 11.1. The van der Waals surface area contributed by atoms with Crippen LogP contribution in [0.1, 0.15) is 12.0 Å². The van der Waals surface area contributed by atoms with Crippen LogP contribution in [0.15, 0.2) is 28.7 Å². The number of nitrogens with zero attached hydrogens (tertiary/aromatic N) is 1. The maximum Gasteiger partial charge on any atom is 0.250 e. The molecule has 0 spiro atoms. The first-order valence-electron chi connectivity index (χ1n) is 7.65. The van der Waals surface area contributed by atoms with Gasteiger partial charge in [0.15, 0.2) is 0 Å². The monoisotopic (exact) mass is 419 g/mol. The third-order valence-corrected chi connectivity index (χ3v) is 4.42. The number of benzene rings is 1. The summed E-state index contributed by atoms with van der Waals surface area (Å²) in [5.74, 6) is -0.179. The first-order valence-corrected chi connectivity index (χ1v) is 8.44. The standard InChI is InChI=1S/C16H22BrN3O3.ClH/c1-20(11-12-4-2-3-5-13(12)17)15(21)6-7-19-16(22)14-10-18-8-9-23-14;/h2-5,14,18H,6-11H2,1H3,(H,19,22);1H. The molecule has 1 heterocycles. The van der Waals surface area contributed by atoms with Gasteiger partial charge in [-0.25, -0.2) is 0 Å². The van der Waals surface area contributed by atoms with E-state index >= 15 is 0 Å². The molecule has 24 heavy (non-hydrogen) atoms. The minimum absolute atomic E-state index is 0. The van der Waals surface area contributed by atoms with Crippen molar-refractivity contribution in [2.75, 3.05) is 33.3 Å². The molecule has 2 rings (SSSR count). The summed E-state index contributed by atoms with van der Waals surface area (Å²) in [7, 11) is 1.76. The lowest BCUT2D eigenvalue weighted by Crippen LogP contribution is -2.48. The zero-order chi connectivity index (χ0) is 16.7. The molecule has 6 nitrogen and oxygen atoms in total. The van der Waals surface area contributed by atoms with Gasteiger partial charge >= 0.3 is 0 Å². The zero-order valence-corrected chi connectivity index (χ0v) is 16.0. The minimum atomic E-state index is -0.461. The number of hydrogen-bond donors (Lipinski definition) is 2. The Balaban J connectivity index is 0.00000288. The van der Waals surface area contributed by atoms with Crippen LogP contribution < -0.4 is 10.6 Å². The average molecular weight is 421 g/mol. The van der Waals surface area contributed by atoms with Crippen molar-refractivity contribution in [2.45, 2.75) is 19.1 Å². The number of ether oxygens (including phenoxy) is 1. The van der Waals surface area contributed by atoms with Crippen LogP contribution in [0.25, 0.3) is 0 Å². The molecule has 0 bridgehead atoms. The normalized spacial score (nSPS) is 16.8. The molecule has 2 amide bonds. The Kier molecular flexibility index (Phi) is 9.28. The van der Waals surface area contributed by atoms with E-state index in [0.29, 0.717) is 26.2 Å². The van der Waals surface area contributed by atoms with E-state index in [-0.39, 0.29) is 30.6 Å². The maximum absolute atomic E-state index is 12.1. The number of rotatable bonds is 6. The molecule has 1 aromatic carbocycles. The third kappa shape index (κ3) is 6.39. The molecule has 134 valence electrons. The highest BCUT2D eigenvalue weighted by atomic mass is 79.9. The van der Waals surface area contributed by atoms with Gasteiger partial charge in [0.25, 0.3) is 0 Å². The number of carbonyl (C=O) groups excluding carboxylic acids is 2. The van der Waals surface area contributed by atoms with Crippen molar-refractivity contribution in [3.05, 3.63) is 34.3 Å². The molecule has 0 aromatic heterocycles. The molecule has 1 aromatic rings. The summed E-state index contributed by atoms with van der Waals surface area (Å²) in [6.07, 6.45) is -0.191. The van der Waals surface area contributed by atoms with Crippen molar-refractivity contribution in [3.63, 3.8) is 0 Å². The molecule has 8 heteroatoms. The van der Waals surface area contributed by atoms with Gasteiger partial charge in [0.05, 0.1) is 6.61 Å². The Morgan fingerprint density at radius 3 is 2.83 bits per heavy atom. The van der Waals surface area contributed by atoms with Crippen molar-refractivity contribution < 1.29 is 14.3 Å². The lowest BCUT2D eigenvalue weighted by atomic mass is 10.2. The number of halogens is 2. The molecular weight excluding hydrogens is 398 g/mol. The molecule has 1 aliphatic heterocycles. The highest BCUT2D eigenvalue weighted by Crippen LogP contribution is 2.17. The lowest BCUT2D eigenvalue weighted by Gasteiger charge is -2.23. The average Bonchev–Trinajstić information content (AvgIpc) is 2.57. The summed E-state index contributed by atoms with van der Waals surface area (Å²) in [5.41, 5.74) is 1.05. The first kappa shape index (κ1) is 20.9. The summed E-state index contributed by atoms with van der Waals surface area (Å²) < 4.78 is 6.34. The number of amides is 2. The Bertz CT molecular complexity index is 553. The number of nitrogens with one attached hydrogen (secondary N) is 2. The molecule has 0 saturated carbocycles. The van der Waals surface area contributed by atoms with Crippen LogP contribution >= 0.6 is 28.3 Å². The summed E-state index contributed by atoms with van der Waals surface area (Å²) in [5, 5.41) is 5.85. The molecule has 0 radical (unpaired) electrons. The van der Waals surface area contributed by atoms with Gasteiger partial charge in [0, 0.05) is 44.1 Å². The van der Waals surface area contributed by atoms with Crippen LogP contribution in [0, 0.1) is 0 Å². The van der Waals surface area contributed by atoms with E-state index in [1.165, 1.54) is 0 Å². The zero-order valence-electron chi connectivity index (χ0n) is 13.6. The fraction of sp³-hybridized carbons (Fsp3) is 0.500. The van der Waals surface area contributed by atoms with Crippen molar-refractivity contribution in [1.82, 2.24) is 15.5 Å². The van der Waals surface area contributed by atoms with Crippen LogP contribution in [0.4, 0.5) is 0 Å². The highest BCUT2D eigenvalue weighted by molar-refractivity contribution is 9.10. The topological polar surface area (TPSA) is 70.7 Å². The van der Waals surface area contributed by atoms with E-state index in [1.807, 2.05) is 24.3 Å². The number of hydrogen-bond acceptors (Lipinski definition) is 4. The Morgan fingerprint density at radius 2 is 2.17 bits per heavy atom. The van der Waals surface area contributed by atoms with Gasteiger partial charge in [-0.1, -0.05) is 34.1 Å². The quantitative estimate of drug-likeness (QED) is 0.728. The fourth-order valence-corrected chi connectivity index (χ4v) is 2.71. The van der Waals surface area contributed by atoms with Crippen molar-refractivity contribution in [3.8, 4) is 0 Å². The molecule has 1 saturated heterocycles. The summed E-state index contributed by atoms with van der Waals surface area (Å²) in [6, 6.07) is 7.80. The van der Waals surface area contributed by atoms with E-state index in [2.05, 4.69) is 26.6 Å². The van der Waals surface area contributed by atoms with Crippen LogP contribution in [-0.2, 0) is 20.9 Å². The molecule has 1 fully saturated rings. The predicted octanol–water partition coefficient (Wildman–Crippen LogP) is 1.32. The molecule has 1 atom stereocenters. The van der Waals surface area contributed by atoms with Crippen molar-refractivity contribution in [1.29, 1.82) is 0 Å². The van der Waals surface area contributed by atoms with E-state index in [4.69, 9.17) is 4.74 Å². The maximum atomic E-state index is 12.1. The van der Waals surface area contributed by atoms with Gasteiger partial charge in [0.2, 0.25) is 11.8 Å². The largest absolute Gasteiger partial charge is 0.366 e. The summed E-state index contributed by atoms with van der Waals surface area (Å²) in [4.78, 5) is 25.7. The van der Waals surface area contributed by atoms with Gasteiger partial charge in [0.1, 0.15) is 6.10 Å². The van der Waals surface area contributed by atoms with E-state index in [0.717, 1.165) is 16.6 Å². The van der Waals surface area contributed by atoms with Gasteiger partial charge in [-0.15, -0.1) is 12.4 Å². The number of morpholine rings is 1. The molecule has 1 aliphatic rings. The highest BCUT2D eigenvalue weighted by Gasteiger charge is 2.21. The fourth-order valence-electron chi connectivity index (χ4n) is 2.30. The molecule has 2 N–H and O–H groups in total. The second-order valence-corrected chi connectivity index (χ2v) is 6.30. The molecule has 1 unspecified atom stereocenters. The Hall–Kier alpha value is -1.15. The van der Waals surface area contributed by atoms with Crippen LogP contribution in [-0.4, -0.2) is 56.1 Å². The van der Waals surface area contributed by atoms with Crippen LogP contribution in [0.3, 0.4) is 0 Å². The predicted molar refractivity (Wildman–Crippen MR) is 98.1 cm³/mol. The second kappa shape index (κ2) is 10.7. The van der Waals surface area contributed by atoms with Crippen molar-refractivity contribution >= 4 is 40.2 Å². The van der Waals surface area contributed by atoms with E-state index < -0.39 is 6.10 Å². The van der Waals surface area contributed by atoms with Gasteiger partial charge in [-0.3, -0.25) is 9.59 Å². The Morgan fingerprint density at radius 1 is 1.42 bits per heavy atom. The summed E-state index contributed by atoms with van der Waals surface area (Å²) in [6.45, 7) is 2.66. The van der Waals surface area contributed by atoms with Gasteiger partial charge < -0.3 is 20.3 Å². The Labute approximate surface area is 156 Å². The third-order valence-electron chi connectivity index (χ3n) is 3.65. The molecule has 0 aliphatic carbocycles. The number of carbonyl (C=O) groups is 2. The minimum Gasteiger partial charge on any atom is -0.366 e. The second-order valence-electron chi connectivity index (χ2n) is 5.45.